The van der Waals surface area contributed by atoms with Crippen LogP contribution in [0.5, 0.6) is 5.75 Å². The van der Waals surface area contributed by atoms with E-state index in [1.165, 1.54) is 4.57 Å². The number of halogens is 1. The molecule has 194 valence electrons. The third-order valence-corrected chi connectivity index (χ3v) is 6.53. The zero-order chi connectivity index (χ0) is 26.7. The fourth-order valence-corrected chi connectivity index (χ4v) is 4.31. The summed E-state index contributed by atoms with van der Waals surface area (Å²) < 4.78 is 8.09. The van der Waals surface area contributed by atoms with E-state index >= 15 is 0 Å². The lowest BCUT2D eigenvalue weighted by molar-refractivity contribution is -0.119. The molecule has 1 heterocycles. The number of rotatable bonds is 9. The van der Waals surface area contributed by atoms with Crippen molar-refractivity contribution in [2.24, 2.45) is 15.6 Å². The van der Waals surface area contributed by atoms with E-state index in [1.807, 2.05) is 45.0 Å². The second-order valence-corrected chi connectivity index (χ2v) is 10.2. The van der Waals surface area contributed by atoms with Crippen molar-refractivity contribution in [3.8, 4) is 5.75 Å². The molecule has 3 aromatic rings. The zero-order valence-corrected chi connectivity index (χ0v) is 21.6. The van der Waals surface area contributed by atoms with E-state index in [9.17, 15) is 19.3 Å². The lowest BCUT2D eigenvalue weighted by Gasteiger charge is -2.16. The maximum Gasteiger partial charge on any atom is 0.335 e. The van der Waals surface area contributed by atoms with Crippen LogP contribution in [0.4, 0.5) is 5.69 Å². The van der Waals surface area contributed by atoms with Gasteiger partial charge >= 0.3 is 11.4 Å². The number of nitrogens with zero attached hydrogens (tertiary/aromatic N) is 4. The van der Waals surface area contributed by atoms with Crippen LogP contribution in [0, 0.1) is 17.2 Å². The molecule has 37 heavy (non-hydrogen) atoms. The van der Waals surface area contributed by atoms with Crippen molar-refractivity contribution >= 4 is 23.2 Å². The number of amides is 1. The molecule has 1 saturated carbocycles. The number of hydrogen-bond donors (Lipinski definition) is 1. The molecule has 4 rings (SSSR count). The molecule has 1 aliphatic carbocycles. The number of aromatic nitrogens is 3. The number of carbonyl (C=O) groups excluding carboxylic acids is 1. The Morgan fingerprint density at radius 1 is 1.14 bits per heavy atom. The number of hydrogen-bond acceptors (Lipinski definition) is 6. The van der Waals surface area contributed by atoms with Crippen LogP contribution in [-0.4, -0.2) is 26.1 Å². The molecule has 0 atom stereocenters. The summed E-state index contributed by atoms with van der Waals surface area (Å²) in [6, 6.07) is 12.6. The predicted octanol–water partition coefficient (Wildman–Crippen LogP) is 3.83. The molecule has 0 saturated heterocycles. The van der Waals surface area contributed by atoms with Gasteiger partial charge in [0.15, 0.2) is 0 Å². The Bertz CT molecular complexity index is 1510. The van der Waals surface area contributed by atoms with Gasteiger partial charge in [0.2, 0.25) is 5.62 Å². The first-order chi connectivity index (χ1) is 17.6. The highest BCUT2D eigenvalue weighted by Gasteiger charge is 2.45. The standard InChI is InChI=1S/C26H28ClN5O5/c1-16(2)37-21-9-8-19(12-20(21)27)28-23-29-24(34)32(15-26(10-11-26)13-22(33)30-36)25(35)31(23)14-18-6-4-17(3)5-7-18/h4-9,12,16H,10-11,13-15H2,1-3H3,(H,28,29,34). The van der Waals surface area contributed by atoms with Gasteiger partial charge in [0.1, 0.15) is 5.75 Å². The summed E-state index contributed by atoms with van der Waals surface area (Å²) in [5, 5.41) is 2.82. The normalized spacial score (nSPS) is 14.6. The molecule has 0 radical (unpaired) electrons. The maximum absolute atomic E-state index is 13.6. The number of benzene rings is 2. The summed E-state index contributed by atoms with van der Waals surface area (Å²) in [6.45, 7) is 5.90. The number of carbonyl (C=O) groups is 1. The molecule has 11 heteroatoms. The van der Waals surface area contributed by atoms with Crippen LogP contribution < -0.4 is 21.7 Å². The fourth-order valence-electron chi connectivity index (χ4n) is 4.09. The molecule has 0 aliphatic heterocycles. The number of ether oxygens (including phenoxy) is 1. The Kier molecular flexibility index (Phi) is 7.58. The van der Waals surface area contributed by atoms with Crippen LogP contribution in [0.3, 0.4) is 0 Å². The van der Waals surface area contributed by atoms with Gasteiger partial charge < -0.3 is 4.74 Å². The minimum Gasteiger partial charge on any atom is -0.489 e. The minimum absolute atomic E-state index is 0.00364. The van der Waals surface area contributed by atoms with Gasteiger partial charge in [-0.2, -0.15) is 0 Å². The lowest BCUT2D eigenvalue weighted by Crippen LogP contribution is -2.51. The molecular formula is C26H28ClN5O5. The topological polar surface area (TPSA) is 128 Å². The highest BCUT2D eigenvalue weighted by atomic mass is 35.5. The molecule has 0 spiro atoms. The van der Waals surface area contributed by atoms with Gasteiger partial charge in [-0.1, -0.05) is 41.4 Å². The fraction of sp³-hybridized carbons (Fsp3) is 0.385. The van der Waals surface area contributed by atoms with Crippen molar-refractivity contribution in [3.05, 3.63) is 90.1 Å². The quantitative estimate of drug-likeness (QED) is 0.424. The van der Waals surface area contributed by atoms with E-state index in [0.717, 1.165) is 15.7 Å². The van der Waals surface area contributed by atoms with Crippen molar-refractivity contribution in [1.82, 2.24) is 14.1 Å². The largest absolute Gasteiger partial charge is 0.489 e. The van der Waals surface area contributed by atoms with Gasteiger partial charge in [0.05, 0.1) is 23.4 Å². The summed E-state index contributed by atoms with van der Waals surface area (Å²) in [5.41, 5.74) is 0.521. The van der Waals surface area contributed by atoms with Gasteiger partial charge in [-0.3, -0.25) is 14.3 Å². The molecule has 1 aromatic heterocycles. The smallest absolute Gasteiger partial charge is 0.335 e. The molecule has 1 amide bonds. The third-order valence-electron chi connectivity index (χ3n) is 6.23. The molecule has 1 aliphatic rings. The molecule has 2 aromatic carbocycles. The van der Waals surface area contributed by atoms with E-state index in [4.69, 9.17) is 16.3 Å². The van der Waals surface area contributed by atoms with Crippen LogP contribution in [0.15, 0.2) is 62.2 Å². The number of H-pyrrole nitrogens is 1. The molecule has 0 bridgehead atoms. The summed E-state index contributed by atoms with van der Waals surface area (Å²) >= 11 is 6.36. The lowest BCUT2D eigenvalue weighted by atomic mass is 10.0. The summed E-state index contributed by atoms with van der Waals surface area (Å²) in [4.78, 5) is 56.1. The highest BCUT2D eigenvalue weighted by Crippen LogP contribution is 2.50. The first-order valence-electron chi connectivity index (χ1n) is 12.0. The van der Waals surface area contributed by atoms with Crippen LogP contribution in [-0.2, 0) is 17.9 Å². The molecule has 0 unspecified atom stereocenters. The van der Waals surface area contributed by atoms with E-state index in [-0.39, 0.29) is 31.2 Å². The van der Waals surface area contributed by atoms with Crippen molar-refractivity contribution in [2.45, 2.75) is 59.2 Å². The van der Waals surface area contributed by atoms with Crippen LogP contribution in [0.25, 0.3) is 0 Å². The zero-order valence-electron chi connectivity index (χ0n) is 20.9. The van der Waals surface area contributed by atoms with Crippen LogP contribution in [0.2, 0.25) is 5.02 Å². The first-order valence-corrected chi connectivity index (χ1v) is 12.3. The van der Waals surface area contributed by atoms with Gasteiger partial charge in [-0.05, 0) is 62.8 Å². The third kappa shape index (κ3) is 6.32. The molecular weight excluding hydrogens is 498 g/mol. The SMILES string of the molecule is Cc1ccc(Cn2c(=O)n(CC3(CC(=O)N=O)CC3)c(=O)[nH]/c2=N\c2ccc(OC(C)C)c(Cl)c2)cc1. The highest BCUT2D eigenvalue weighted by molar-refractivity contribution is 6.32. The number of aromatic amines is 1. The van der Waals surface area contributed by atoms with E-state index in [2.05, 4.69) is 15.2 Å². The van der Waals surface area contributed by atoms with Crippen LogP contribution >= 0.6 is 11.6 Å². The molecule has 1 fully saturated rings. The maximum atomic E-state index is 13.6. The second-order valence-electron chi connectivity index (χ2n) is 9.75. The van der Waals surface area contributed by atoms with Gasteiger partial charge in [-0.25, -0.2) is 19.1 Å². The van der Waals surface area contributed by atoms with Crippen molar-refractivity contribution in [1.29, 1.82) is 0 Å². The number of nitroso groups, excluding NO2 is 1. The van der Waals surface area contributed by atoms with E-state index in [0.29, 0.717) is 29.3 Å². The Balaban J connectivity index is 1.80. The first kappa shape index (κ1) is 26.3. The van der Waals surface area contributed by atoms with Crippen LogP contribution in [0.1, 0.15) is 44.2 Å². The summed E-state index contributed by atoms with van der Waals surface area (Å²) in [6.07, 6.45) is 1.07. The van der Waals surface area contributed by atoms with Crippen molar-refractivity contribution in [3.63, 3.8) is 0 Å². The van der Waals surface area contributed by atoms with E-state index in [1.54, 1.807) is 18.2 Å². The summed E-state index contributed by atoms with van der Waals surface area (Å²) in [5.74, 6) is -0.288. The monoisotopic (exact) mass is 525 g/mol. The minimum atomic E-state index is -0.789. The van der Waals surface area contributed by atoms with Crippen molar-refractivity contribution in [2.75, 3.05) is 0 Å². The predicted molar refractivity (Wildman–Crippen MR) is 139 cm³/mol. The number of aryl methyl sites for hydroxylation is 1. The van der Waals surface area contributed by atoms with Crippen molar-refractivity contribution < 1.29 is 9.53 Å². The van der Waals surface area contributed by atoms with Gasteiger partial charge in [0.25, 0.3) is 5.91 Å². The Morgan fingerprint density at radius 2 is 1.84 bits per heavy atom. The number of nitrogens with one attached hydrogen (secondary N) is 1. The van der Waals surface area contributed by atoms with Gasteiger partial charge in [0, 0.05) is 18.1 Å². The van der Waals surface area contributed by atoms with Gasteiger partial charge in [-0.15, -0.1) is 4.91 Å². The Morgan fingerprint density at radius 3 is 2.43 bits per heavy atom. The summed E-state index contributed by atoms with van der Waals surface area (Å²) in [7, 11) is 0. The molecule has 1 N–H and O–H groups in total. The van der Waals surface area contributed by atoms with E-state index < -0.39 is 22.7 Å². The Labute approximate surface area is 217 Å². The molecule has 10 nitrogen and oxygen atoms in total. The second kappa shape index (κ2) is 10.7. The Hall–Kier alpha value is -3.79. The average Bonchev–Trinajstić information content (AvgIpc) is 3.61. The average molecular weight is 526 g/mol.